The maximum atomic E-state index is 12.2. The van der Waals surface area contributed by atoms with Crippen LogP contribution in [0, 0.1) is 13.8 Å². The molecule has 1 aromatic heterocycles. The van der Waals surface area contributed by atoms with E-state index in [0.717, 1.165) is 11.1 Å². The molecule has 2 N–H and O–H groups in total. The van der Waals surface area contributed by atoms with Crippen molar-refractivity contribution >= 4 is 11.6 Å². The Morgan fingerprint density at radius 2 is 1.76 bits per heavy atom. The molecule has 1 aromatic carbocycles. The Morgan fingerprint density at radius 1 is 1.12 bits per heavy atom. The summed E-state index contributed by atoms with van der Waals surface area (Å²) in [5.74, 6) is 0.194. The van der Waals surface area contributed by atoms with Crippen LogP contribution in [0.15, 0.2) is 36.5 Å². The van der Waals surface area contributed by atoms with E-state index in [0.29, 0.717) is 11.1 Å². The van der Waals surface area contributed by atoms with Gasteiger partial charge in [-0.05, 0) is 25.5 Å². The lowest BCUT2D eigenvalue weighted by Crippen LogP contribution is -2.07. The van der Waals surface area contributed by atoms with E-state index < -0.39 is 0 Å². The summed E-state index contributed by atoms with van der Waals surface area (Å²) in [5, 5.41) is 0. The molecule has 0 bridgehead atoms. The number of rotatable bonds is 2. The van der Waals surface area contributed by atoms with E-state index >= 15 is 0 Å². The Bertz CT molecular complexity index is 559. The number of nitrogen functional groups attached to an aromatic ring is 1. The Balaban J connectivity index is 2.43. The SMILES string of the molecule is Cc1ccc(C(=O)c2cc(C)cnc2N)cc1. The average molecular weight is 226 g/mol. The molecule has 0 saturated carbocycles. The van der Waals surface area contributed by atoms with Gasteiger partial charge in [0.05, 0.1) is 5.56 Å². The van der Waals surface area contributed by atoms with E-state index in [9.17, 15) is 4.79 Å². The molecule has 0 amide bonds. The highest BCUT2D eigenvalue weighted by Gasteiger charge is 2.13. The molecule has 0 fully saturated rings. The molecule has 0 aliphatic carbocycles. The Morgan fingerprint density at radius 3 is 2.41 bits per heavy atom. The number of hydrogen-bond donors (Lipinski definition) is 1. The minimum atomic E-state index is -0.0845. The molecule has 17 heavy (non-hydrogen) atoms. The maximum absolute atomic E-state index is 12.2. The summed E-state index contributed by atoms with van der Waals surface area (Å²) in [6.07, 6.45) is 1.65. The third-order valence-corrected chi connectivity index (χ3v) is 2.61. The molecule has 2 aromatic rings. The van der Waals surface area contributed by atoms with Crippen molar-refractivity contribution in [2.24, 2.45) is 0 Å². The number of carbonyl (C=O) groups is 1. The standard InChI is InChI=1S/C14H14N2O/c1-9-3-5-11(6-4-9)13(17)12-7-10(2)8-16-14(12)15/h3-8H,1-2H3,(H2,15,16). The van der Waals surface area contributed by atoms with E-state index in [4.69, 9.17) is 5.73 Å². The highest BCUT2D eigenvalue weighted by molar-refractivity contribution is 6.11. The normalized spacial score (nSPS) is 10.2. The summed E-state index contributed by atoms with van der Waals surface area (Å²) in [6.45, 7) is 3.87. The third-order valence-electron chi connectivity index (χ3n) is 2.61. The summed E-state index contributed by atoms with van der Waals surface area (Å²) in [5.41, 5.74) is 8.87. The summed E-state index contributed by atoms with van der Waals surface area (Å²) in [4.78, 5) is 16.2. The third kappa shape index (κ3) is 2.33. The zero-order valence-electron chi connectivity index (χ0n) is 9.90. The molecule has 0 spiro atoms. The van der Waals surface area contributed by atoms with Crippen LogP contribution in [0.3, 0.4) is 0 Å². The van der Waals surface area contributed by atoms with Gasteiger partial charge in [-0.2, -0.15) is 0 Å². The number of hydrogen-bond acceptors (Lipinski definition) is 3. The first-order valence-corrected chi connectivity index (χ1v) is 5.41. The second-order valence-corrected chi connectivity index (χ2v) is 4.14. The number of benzene rings is 1. The van der Waals surface area contributed by atoms with Crippen LogP contribution >= 0.6 is 0 Å². The van der Waals surface area contributed by atoms with Crippen molar-refractivity contribution < 1.29 is 4.79 Å². The molecule has 0 aliphatic rings. The van der Waals surface area contributed by atoms with Gasteiger partial charge in [0.25, 0.3) is 0 Å². The quantitative estimate of drug-likeness (QED) is 0.800. The van der Waals surface area contributed by atoms with Crippen molar-refractivity contribution in [2.45, 2.75) is 13.8 Å². The van der Waals surface area contributed by atoms with Crippen molar-refractivity contribution in [3.05, 3.63) is 58.8 Å². The van der Waals surface area contributed by atoms with Crippen molar-refractivity contribution in [1.29, 1.82) is 0 Å². The average Bonchev–Trinajstić information content (AvgIpc) is 2.32. The van der Waals surface area contributed by atoms with Crippen LogP contribution in [0.25, 0.3) is 0 Å². The van der Waals surface area contributed by atoms with Crippen LogP contribution in [0.4, 0.5) is 5.82 Å². The minimum absolute atomic E-state index is 0.0845. The van der Waals surface area contributed by atoms with E-state index in [2.05, 4.69) is 4.98 Å². The van der Waals surface area contributed by atoms with Gasteiger partial charge in [0.1, 0.15) is 5.82 Å². The first-order valence-electron chi connectivity index (χ1n) is 5.41. The van der Waals surface area contributed by atoms with Crippen LogP contribution < -0.4 is 5.73 Å². The van der Waals surface area contributed by atoms with Crippen LogP contribution in [-0.4, -0.2) is 10.8 Å². The number of ketones is 1. The van der Waals surface area contributed by atoms with Gasteiger partial charge in [0.15, 0.2) is 5.78 Å². The zero-order valence-corrected chi connectivity index (χ0v) is 9.90. The summed E-state index contributed by atoms with van der Waals surface area (Å²) >= 11 is 0. The lowest BCUT2D eigenvalue weighted by atomic mass is 10.0. The summed E-state index contributed by atoms with van der Waals surface area (Å²) < 4.78 is 0. The number of aromatic nitrogens is 1. The monoisotopic (exact) mass is 226 g/mol. The number of anilines is 1. The lowest BCUT2D eigenvalue weighted by Gasteiger charge is -2.05. The molecule has 0 aliphatic heterocycles. The number of aryl methyl sites for hydroxylation is 2. The maximum Gasteiger partial charge on any atom is 0.196 e. The number of nitrogens with zero attached hydrogens (tertiary/aromatic N) is 1. The van der Waals surface area contributed by atoms with Gasteiger partial charge < -0.3 is 5.73 Å². The molecular weight excluding hydrogens is 212 g/mol. The van der Waals surface area contributed by atoms with Crippen LogP contribution in [0.5, 0.6) is 0 Å². The van der Waals surface area contributed by atoms with Crippen LogP contribution in [0.1, 0.15) is 27.0 Å². The van der Waals surface area contributed by atoms with Gasteiger partial charge in [-0.3, -0.25) is 4.79 Å². The van der Waals surface area contributed by atoms with E-state index in [1.165, 1.54) is 0 Å². The smallest absolute Gasteiger partial charge is 0.196 e. The lowest BCUT2D eigenvalue weighted by molar-refractivity contribution is 0.103. The van der Waals surface area contributed by atoms with Gasteiger partial charge in [-0.25, -0.2) is 4.98 Å². The van der Waals surface area contributed by atoms with Gasteiger partial charge in [-0.1, -0.05) is 29.8 Å². The molecule has 2 rings (SSSR count). The van der Waals surface area contributed by atoms with Crippen LogP contribution in [-0.2, 0) is 0 Å². The molecule has 1 heterocycles. The van der Waals surface area contributed by atoms with E-state index in [1.54, 1.807) is 24.4 Å². The highest BCUT2D eigenvalue weighted by Crippen LogP contribution is 2.16. The molecule has 0 radical (unpaired) electrons. The van der Waals surface area contributed by atoms with Crippen molar-refractivity contribution in [2.75, 3.05) is 5.73 Å². The van der Waals surface area contributed by atoms with Gasteiger partial charge in [-0.15, -0.1) is 0 Å². The summed E-state index contributed by atoms with van der Waals surface area (Å²) in [7, 11) is 0. The van der Waals surface area contributed by atoms with E-state index in [1.807, 2.05) is 26.0 Å². The van der Waals surface area contributed by atoms with Crippen molar-refractivity contribution in [1.82, 2.24) is 4.98 Å². The molecule has 3 heteroatoms. The second kappa shape index (κ2) is 4.37. The fraction of sp³-hybridized carbons (Fsp3) is 0.143. The van der Waals surface area contributed by atoms with Gasteiger partial charge in [0.2, 0.25) is 0 Å². The predicted octanol–water partition coefficient (Wildman–Crippen LogP) is 2.51. The fourth-order valence-corrected chi connectivity index (χ4v) is 1.62. The zero-order chi connectivity index (χ0) is 12.4. The minimum Gasteiger partial charge on any atom is -0.383 e. The second-order valence-electron chi connectivity index (χ2n) is 4.14. The molecule has 86 valence electrons. The molecule has 3 nitrogen and oxygen atoms in total. The Labute approximate surface area is 100 Å². The first-order chi connectivity index (χ1) is 8.08. The number of nitrogens with two attached hydrogens (primary N) is 1. The fourth-order valence-electron chi connectivity index (χ4n) is 1.62. The van der Waals surface area contributed by atoms with Gasteiger partial charge in [0, 0.05) is 11.8 Å². The van der Waals surface area contributed by atoms with Crippen LogP contribution in [0.2, 0.25) is 0 Å². The molecule has 0 atom stereocenters. The predicted molar refractivity (Wildman–Crippen MR) is 68.0 cm³/mol. The van der Waals surface area contributed by atoms with Gasteiger partial charge >= 0.3 is 0 Å². The first kappa shape index (κ1) is 11.3. The Hall–Kier alpha value is -2.16. The molecular formula is C14H14N2O. The Kier molecular flexibility index (Phi) is 2.91. The summed E-state index contributed by atoms with van der Waals surface area (Å²) in [6, 6.07) is 9.20. The van der Waals surface area contributed by atoms with Crippen molar-refractivity contribution in [3.63, 3.8) is 0 Å². The number of carbonyl (C=O) groups excluding carboxylic acids is 1. The van der Waals surface area contributed by atoms with E-state index in [-0.39, 0.29) is 11.6 Å². The molecule has 0 saturated heterocycles. The number of pyridine rings is 1. The highest BCUT2D eigenvalue weighted by atomic mass is 16.1. The largest absolute Gasteiger partial charge is 0.383 e. The molecule has 0 unspecified atom stereocenters. The topological polar surface area (TPSA) is 56.0 Å². The van der Waals surface area contributed by atoms with Crippen molar-refractivity contribution in [3.8, 4) is 0 Å².